The van der Waals surface area contributed by atoms with Crippen molar-refractivity contribution < 1.29 is 18.7 Å². The predicted molar refractivity (Wildman–Crippen MR) is 71.3 cm³/mol. The van der Waals surface area contributed by atoms with Crippen molar-refractivity contribution in [3.63, 3.8) is 0 Å². The fourth-order valence-electron chi connectivity index (χ4n) is 1.34. The Bertz CT molecular complexity index is 497. The Kier molecular flexibility index (Phi) is 4.89. The first-order valence-corrected chi connectivity index (χ1v) is 6.15. The fraction of sp³-hybridized carbons (Fsp3) is 0.385. The molecule has 19 heavy (non-hydrogen) atoms. The first-order chi connectivity index (χ1) is 8.73. The molecule has 0 aliphatic heterocycles. The van der Waals surface area contributed by atoms with Crippen molar-refractivity contribution in [1.29, 1.82) is 0 Å². The molecular formula is C13H15ClFNO3. The lowest BCUT2D eigenvalue weighted by Crippen LogP contribution is -2.27. The van der Waals surface area contributed by atoms with Crippen LogP contribution in [-0.4, -0.2) is 23.4 Å². The van der Waals surface area contributed by atoms with E-state index in [1.54, 1.807) is 20.8 Å². The molecule has 0 aliphatic carbocycles. The number of rotatable bonds is 3. The Balaban J connectivity index is 2.95. The van der Waals surface area contributed by atoms with Gasteiger partial charge < -0.3 is 4.74 Å². The van der Waals surface area contributed by atoms with E-state index >= 15 is 0 Å². The van der Waals surface area contributed by atoms with Gasteiger partial charge in [0.05, 0.1) is 11.6 Å². The Morgan fingerprint density at radius 1 is 1.37 bits per heavy atom. The zero-order chi connectivity index (χ0) is 14.6. The van der Waals surface area contributed by atoms with E-state index in [2.05, 4.69) is 5.32 Å². The van der Waals surface area contributed by atoms with Gasteiger partial charge in [0.2, 0.25) is 0 Å². The molecular weight excluding hydrogens is 273 g/mol. The van der Waals surface area contributed by atoms with E-state index in [0.717, 1.165) is 12.1 Å². The Morgan fingerprint density at radius 3 is 2.53 bits per heavy atom. The van der Waals surface area contributed by atoms with E-state index in [-0.39, 0.29) is 17.1 Å². The van der Waals surface area contributed by atoms with Crippen molar-refractivity contribution >= 4 is 29.2 Å². The molecule has 1 N–H and O–H groups in total. The standard InChI is InChI=1S/C13H15ClFNO3/c1-13(2,3)19-12(18)16-10-5-4-8(15)6-9(10)11(17)7-14/h4-6H,7H2,1-3H3,(H,16,18). The zero-order valence-electron chi connectivity index (χ0n) is 10.9. The lowest BCUT2D eigenvalue weighted by Gasteiger charge is -2.20. The summed E-state index contributed by atoms with van der Waals surface area (Å²) in [6, 6.07) is 3.45. The summed E-state index contributed by atoms with van der Waals surface area (Å²) in [4.78, 5) is 23.2. The van der Waals surface area contributed by atoms with Gasteiger partial charge in [-0.15, -0.1) is 11.6 Å². The maximum Gasteiger partial charge on any atom is 0.412 e. The number of anilines is 1. The summed E-state index contributed by atoms with van der Waals surface area (Å²) in [5, 5.41) is 2.40. The quantitative estimate of drug-likeness (QED) is 0.683. The third kappa shape index (κ3) is 4.87. The molecule has 0 unspecified atom stereocenters. The molecule has 104 valence electrons. The molecule has 0 spiro atoms. The predicted octanol–water partition coefficient (Wildman–Crippen LogP) is 3.59. The van der Waals surface area contributed by atoms with Crippen LogP contribution >= 0.6 is 11.6 Å². The van der Waals surface area contributed by atoms with Crippen molar-refractivity contribution in [2.24, 2.45) is 0 Å². The number of hydrogen-bond acceptors (Lipinski definition) is 3. The summed E-state index contributed by atoms with van der Waals surface area (Å²) in [7, 11) is 0. The van der Waals surface area contributed by atoms with Gasteiger partial charge in [-0.1, -0.05) is 0 Å². The van der Waals surface area contributed by atoms with E-state index in [0.29, 0.717) is 0 Å². The SMILES string of the molecule is CC(C)(C)OC(=O)Nc1ccc(F)cc1C(=O)CCl. The molecule has 0 bridgehead atoms. The van der Waals surface area contributed by atoms with Crippen LogP contribution in [0.25, 0.3) is 0 Å². The van der Waals surface area contributed by atoms with Gasteiger partial charge in [0, 0.05) is 5.56 Å². The smallest absolute Gasteiger partial charge is 0.412 e. The lowest BCUT2D eigenvalue weighted by molar-refractivity contribution is 0.0636. The first kappa shape index (κ1) is 15.4. The van der Waals surface area contributed by atoms with Gasteiger partial charge in [-0.2, -0.15) is 0 Å². The topological polar surface area (TPSA) is 55.4 Å². The molecule has 0 aromatic heterocycles. The summed E-state index contributed by atoms with van der Waals surface area (Å²) < 4.78 is 18.2. The van der Waals surface area contributed by atoms with Crippen LogP contribution in [0.4, 0.5) is 14.9 Å². The summed E-state index contributed by atoms with van der Waals surface area (Å²) in [6.07, 6.45) is -0.720. The maximum absolute atomic E-state index is 13.1. The van der Waals surface area contributed by atoms with E-state index < -0.39 is 23.3 Å². The second-order valence-electron chi connectivity index (χ2n) is 4.87. The van der Waals surface area contributed by atoms with Crippen LogP contribution in [0.2, 0.25) is 0 Å². The highest BCUT2D eigenvalue weighted by Gasteiger charge is 2.19. The third-order valence-corrected chi connectivity index (χ3v) is 2.28. The molecule has 6 heteroatoms. The molecule has 0 radical (unpaired) electrons. The molecule has 0 fully saturated rings. The third-order valence-electron chi connectivity index (χ3n) is 2.04. The number of ether oxygens (including phenoxy) is 1. The Hall–Kier alpha value is -1.62. The minimum Gasteiger partial charge on any atom is -0.444 e. The van der Waals surface area contributed by atoms with Gasteiger partial charge >= 0.3 is 6.09 Å². The van der Waals surface area contributed by atoms with Crippen LogP contribution in [0.1, 0.15) is 31.1 Å². The van der Waals surface area contributed by atoms with Crippen molar-refractivity contribution in [3.05, 3.63) is 29.6 Å². The molecule has 1 aromatic carbocycles. The van der Waals surface area contributed by atoms with E-state index in [1.807, 2.05) is 0 Å². The average molecular weight is 288 g/mol. The highest BCUT2D eigenvalue weighted by molar-refractivity contribution is 6.31. The van der Waals surface area contributed by atoms with Gasteiger partial charge in [-0.05, 0) is 39.0 Å². The van der Waals surface area contributed by atoms with Crippen molar-refractivity contribution in [2.45, 2.75) is 26.4 Å². The summed E-state index contributed by atoms with van der Waals surface area (Å²) >= 11 is 5.44. The van der Waals surface area contributed by atoms with E-state index in [9.17, 15) is 14.0 Å². The number of Topliss-reactive ketones (excluding diaryl/α,β-unsaturated/α-hetero) is 1. The summed E-state index contributed by atoms with van der Waals surface area (Å²) in [5.74, 6) is -1.36. The first-order valence-electron chi connectivity index (χ1n) is 5.61. The number of carbonyl (C=O) groups is 2. The molecule has 1 rings (SSSR count). The number of alkyl halides is 1. The minimum atomic E-state index is -0.720. The Morgan fingerprint density at radius 2 is 2.00 bits per heavy atom. The number of benzene rings is 1. The van der Waals surface area contributed by atoms with Crippen LogP contribution in [0, 0.1) is 5.82 Å². The molecule has 0 heterocycles. The summed E-state index contributed by atoms with van der Waals surface area (Å²) in [5.41, 5.74) is -0.483. The maximum atomic E-state index is 13.1. The van der Waals surface area contributed by atoms with Gasteiger partial charge in [0.15, 0.2) is 5.78 Å². The van der Waals surface area contributed by atoms with Crippen molar-refractivity contribution in [3.8, 4) is 0 Å². The molecule has 1 aromatic rings. The van der Waals surface area contributed by atoms with Crippen LogP contribution < -0.4 is 5.32 Å². The molecule has 0 aliphatic rings. The number of amides is 1. The van der Waals surface area contributed by atoms with Gasteiger partial charge in [0.1, 0.15) is 11.4 Å². The largest absolute Gasteiger partial charge is 0.444 e. The van der Waals surface area contributed by atoms with Gasteiger partial charge in [-0.25, -0.2) is 9.18 Å². The second kappa shape index (κ2) is 6.02. The summed E-state index contributed by atoms with van der Waals surface area (Å²) in [6.45, 7) is 5.13. The zero-order valence-corrected chi connectivity index (χ0v) is 11.7. The number of nitrogens with one attached hydrogen (secondary N) is 1. The lowest BCUT2D eigenvalue weighted by atomic mass is 10.1. The van der Waals surface area contributed by atoms with Gasteiger partial charge in [0.25, 0.3) is 0 Å². The Labute approximate surface area is 115 Å². The van der Waals surface area contributed by atoms with Crippen LogP contribution in [0.15, 0.2) is 18.2 Å². The molecule has 0 atom stereocenters. The highest BCUT2D eigenvalue weighted by Crippen LogP contribution is 2.19. The highest BCUT2D eigenvalue weighted by atomic mass is 35.5. The molecule has 1 amide bonds. The monoisotopic (exact) mass is 287 g/mol. The van der Waals surface area contributed by atoms with Gasteiger partial charge in [-0.3, -0.25) is 10.1 Å². The van der Waals surface area contributed by atoms with E-state index in [4.69, 9.17) is 16.3 Å². The molecule has 0 saturated carbocycles. The number of carbonyl (C=O) groups excluding carboxylic acids is 2. The number of ketones is 1. The van der Waals surface area contributed by atoms with Crippen LogP contribution in [-0.2, 0) is 4.74 Å². The normalized spacial score (nSPS) is 11.0. The number of halogens is 2. The van der Waals surface area contributed by atoms with Crippen molar-refractivity contribution in [2.75, 3.05) is 11.2 Å². The van der Waals surface area contributed by atoms with Crippen LogP contribution in [0.5, 0.6) is 0 Å². The number of hydrogen-bond donors (Lipinski definition) is 1. The average Bonchev–Trinajstić information content (AvgIpc) is 2.28. The second-order valence-corrected chi connectivity index (χ2v) is 5.14. The van der Waals surface area contributed by atoms with Crippen molar-refractivity contribution in [1.82, 2.24) is 0 Å². The fourth-order valence-corrected chi connectivity index (χ4v) is 1.49. The molecule has 0 saturated heterocycles. The minimum absolute atomic E-state index is 0.0147. The molecule has 4 nitrogen and oxygen atoms in total. The van der Waals surface area contributed by atoms with Crippen LogP contribution in [0.3, 0.4) is 0 Å². The van der Waals surface area contributed by atoms with E-state index in [1.165, 1.54) is 6.07 Å².